The lowest BCUT2D eigenvalue weighted by Crippen LogP contribution is -2.25. The van der Waals surface area contributed by atoms with Gasteiger partial charge in [0.15, 0.2) is 0 Å². The normalized spacial score (nSPS) is 14.5. The standard InChI is InChI=1S/C12H14N2OS/c13-11(16)9-3-5-10(6-4-9)12(15)14-7-8-1-2-8/h3-6,8H,1-2,7H2,(H2,13,16)(H,14,15). The smallest absolute Gasteiger partial charge is 0.251 e. The highest BCUT2D eigenvalue weighted by Crippen LogP contribution is 2.27. The van der Waals surface area contributed by atoms with E-state index in [2.05, 4.69) is 5.32 Å². The van der Waals surface area contributed by atoms with Gasteiger partial charge < -0.3 is 11.1 Å². The second-order valence-electron chi connectivity index (χ2n) is 4.10. The molecule has 1 amide bonds. The van der Waals surface area contributed by atoms with Gasteiger partial charge >= 0.3 is 0 Å². The number of hydrogen-bond acceptors (Lipinski definition) is 2. The van der Waals surface area contributed by atoms with Crippen LogP contribution in [0, 0.1) is 5.92 Å². The second-order valence-corrected chi connectivity index (χ2v) is 4.53. The average molecular weight is 234 g/mol. The van der Waals surface area contributed by atoms with Crippen molar-refractivity contribution in [3.8, 4) is 0 Å². The summed E-state index contributed by atoms with van der Waals surface area (Å²) in [5.74, 6) is 0.668. The molecule has 0 saturated heterocycles. The van der Waals surface area contributed by atoms with Crippen LogP contribution in [0.4, 0.5) is 0 Å². The molecule has 0 radical (unpaired) electrons. The first-order valence-corrected chi connectivity index (χ1v) is 5.75. The third-order valence-corrected chi connectivity index (χ3v) is 2.92. The van der Waals surface area contributed by atoms with Crippen LogP contribution in [-0.2, 0) is 0 Å². The first kappa shape index (κ1) is 11.1. The molecule has 4 heteroatoms. The van der Waals surface area contributed by atoms with E-state index < -0.39 is 0 Å². The zero-order valence-corrected chi connectivity index (χ0v) is 9.72. The van der Waals surface area contributed by atoms with E-state index in [0.29, 0.717) is 16.5 Å². The molecule has 1 fully saturated rings. The number of amides is 1. The highest BCUT2D eigenvalue weighted by atomic mass is 32.1. The summed E-state index contributed by atoms with van der Waals surface area (Å²) in [5.41, 5.74) is 6.92. The topological polar surface area (TPSA) is 55.1 Å². The molecule has 0 bridgehead atoms. The maximum Gasteiger partial charge on any atom is 0.251 e. The highest BCUT2D eigenvalue weighted by molar-refractivity contribution is 7.80. The molecule has 0 aromatic heterocycles. The Morgan fingerprint density at radius 1 is 1.31 bits per heavy atom. The molecule has 1 aliphatic carbocycles. The Bertz CT molecular complexity index is 410. The van der Waals surface area contributed by atoms with E-state index in [1.807, 2.05) is 0 Å². The summed E-state index contributed by atoms with van der Waals surface area (Å²) in [6.07, 6.45) is 2.47. The summed E-state index contributed by atoms with van der Waals surface area (Å²) in [6.45, 7) is 0.788. The van der Waals surface area contributed by atoms with Gasteiger partial charge in [-0.05, 0) is 30.9 Å². The molecule has 1 saturated carbocycles. The maximum absolute atomic E-state index is 11.7. The van der Waals surface area contributed by atoms with Gasteiger partial charge in [-0.25, -0.2) is 0 Å². The third-order valence-electron chi connectivity index (χ3n) is 2.68. The molecule has 0 spiro atoms. The van der Waals surface area contributed by atoms with Gasteiger partial charge in [-0.3, -0.25) is 4.79 Å². The lowest BCUT2D eigenvalue weighted by Gasteiger charge is -2.04. The molecule has 2 rings (SSSR count). The molecule has 0 atom stereocenters. The molecule has 3 N–H and O–H groups in total. The van der Waals surface area contributed by atoms with E-state index in [4.69, 9.17) is 18.0 Å². The number of nitrogens with one attached hydrogen (secondary N) is 1. The second kappa shape index (κ2) is 4.61. The minimum absolute atomic E-state index is 0.0265. The highest BCUT2D eigenvalue weighted by Gasteiger charge is 2.21. The van der Waals surface area contributed by atoms with Crippen molar-refractivity contribution in [2.45, 2.75) is 12.8 Å². The zero-order valence-electron chi connectivity index (χ0n) is 8.90. The van der Waals surface area contributed by atoms with Crippen LogP contribution >= 0.6 is 12.2 Å². The van der Waals surface area contributed by atoms with Crippen molar-refractivity contribution < 1.29 is 4.79 Å². The van der Waals surface area contributed by atoms with Crippen molar-refractivity contribution in [2.24, 2.45) is 11.7 Å². The minimum atomic E-state index is -0.0265. The number of benzene rings is 1. The number of nitrogens with two attached hydrogens (primary N) is 1. The molecule has 3 nitrogen and oxygen atoms in total. The third kappa shape index (κ3) is 2.79. The fourth-order valence-corrected chi connectivity index (χ4v) is 1.58. The predicted octanol–water partition coefficient (Wildman–Crippen LogP) is 1.46. The Kier molecular flexibility index (Phi) is 3.19. The number of hydrogen-bond donors (Lipinski definition) is 2. The number of carbonyl (C=O) groups excluding carboxylic acids is 1. The fourth-order valence-electron chi connectivity index (χ4n) is 1.45. The summed E-state index contributed by atoms with van der Waals surface area (Å²) in [7, 11) is 0. The zero-order chi connectivity index (χ0) is 11.5. The van der Waals surface area contributed by atoms with Crippen LogP contribution in [0.15, 0.2) is 24.3 Å². The molecular weight excluding hydrogens is 220 g/mol. The predicted molar refractivity (Wildman–Crippen MR) is 67.4 cm³/mol. The minimum Gasteiger partial charge on any atom is -0.389 e. The lowest BCUT2D eigenvalue weighted by atomic mass is 10.1. The van der Waals surface area contributed by atoms with Crippen LogP contribution in [0.5, 0.6) is 0 Å². The molecule has 0 aliphatic heterocycles. The Labute approximate surface area is 100 Å². The summed E-state index contributed by atoms with van der Waals surface area (Å²) in [5, 5.41) is 2.91. The van der Waals surface area contributed by atoms with Gasteiger partial charge in [-0.2, -0.15) is 0 Å². The van der Waals surface area contributed by atoms with Gasteiger partial charge in [0.05, 0.1) is 0 Å². The quantitative estimate of drug-likeness (QED) is 0.775. The van der Waals surface area contributed by atoms with E-state index in [1.165, 1.54) is 12.8 Å². The van der Waals surface area contributed by atoms with Gasteiger partial charge in [0, 0.05) is 17.7 Å². The molecule has 0 unspecified atom stereocenters. The van der Waals surface area contributed by atoms with Crippen LogP contribution in [0.25, 0.3) is 0 Å². The van der Waals surface area contributed by atoms with Crippen LogP contribution in [0.2, 0.25) is 0 Å². The largest absolute Gasteiger partial charge is 0.389 e. The van der Waals surface area contributed by atoms with Crippen LogP contribution in [-0.4, -0.2) is 17.4 Å². The number of carbonyl (C=O) groups is 1. The van der Waals surface area contributed by atoms with Gasteiger partial charge in [0.2, 0.25) is 0 Å². The first-order valence-electron chi connectivity index (χ1n) is 5.35. The van der Waals surface area contributed by atoms with Gasteiger partial charge in [-0.15, -0.1) is 0 Å². The summed E-state index contributed by atoms with van der Waals surface area (Å²) < 4.78 is 0. The summed E-state index contributed by atoms with van der Waals surface area (Å²) in [4.78, 5) is 12.0. The fraction of sp³-hybridized carbons (Fsp3) is 0.333. The van der Waals surface area contributed by atoms with Crippen molar-refractivity contribution in [2.75, 3.05) is 6.54 Å². The Morgan fingerprint density at radius 2 is 1.88 bits per heavy atom. The molecule has 1 aliphatic rings. The van der Waals surface area contributed by atoms with Crippen molar-refractivity contribution in [3.63, 3.8) is 0 Å². The van der Waals surface area contributed by atoms with E-state index >= 15 is 0 Å². The Morgan fingerprint density at radius 3 is 2.38 bits per heavy atom. The van der Waals surface area contributed by atoms with Crippen molar-refractivity contribution >= 4 is 23.1 Å². The van der Waals surface area contributed by atoms with E-state index in [-0.39, 0.29) is 5.91 Å². The SMILES string of the molecule is NC(=S)c1ccc(C(=O)NCC2CC2)cc1. The van der Waals surface area contributed by atoms with Gasteiger partial charge in [-0.1, -0.05) is 24.4 Å². The monoisotopic (exact) mass is 234 g/mol. The first-order chi connectivity index (χ1) is 7.66. The lowest BCUT2D eigenvalue weighted by molar-refractivity contribution is 0.0952. The van der Waals surface area contributed by atoms with Crippen LogP contribution in [0.1, 0.15) is 28.8 Å². The summed E-state index contributed by atoms with van der Waals surface area (Å²) in [6, 6.07) is 7.04. The van der Waals surface area contributed by atoms with Gasteiger partial charge in [0.25, 0.3) is 5.91 Å². The molecule has 84 valence electrons. The summed E-state index contributed by atoms with van der Waals surface area (Å²) >= 11 is 4.84. The maximum atomic E-state index is 11.7. The molecule has 1 aromatic carbocycles. The van der Waals surface area contributed by atoms with Crippen LogP contribution < -0.4 is 11.1 Å². The molecule has 0 heterocycles. The molecular formula is C12H14N2OS. The van der Waals surface area contributed by atoms with Gasteiger partial charge in [0.1, 0.15) is 4.99 Å². The Balaban J connectivity index is 1.96. The van der Waals surface area contributed by atoms with Crippen molar-refractivity contribution in [3.05, 3.63) is 35.4 Å². The number of rotatable bonds is 4. The van der Waals surface area contributed by atoms with Crippen molar-refractivity contribution in [1.29, 1.82) is 0 Å². The molecule has 16 heavy (non-hydrogen) atoms. The van der Waals surface area contributed by atoms with E-state index in [1.54, 1.807) is 24.3 Å². The molecule has 1 aromatic rings. The Hall–Kier alpha value is -1.42. The van der Waals surface area contributed by atoms with Crippen LogP contribution in [0.3, 0.4) is 0 Å². The number of thiocarbonyl (C=S) groups is 1. The average Bonchev–Trinajstić information content (AvgIpc) is 3.10. The van der Waals surface area contributed by atoms with E-state index in [0.717, 1.165) is 12.1 Å². The van der Waals surface area contributed by atoms with E-state index in [9.17, 15) is 4.79 Å². The van der Waals surface area contributed by atoms with Crippen molar-refractivity contribution in [1.82, 2.24) is 5.32 Å².